The lowest BCUT2D eigenvalue weighted by Gasteiger charge is -2.19. The van der Waals surface area contributed by atoms with Crippen molar-refractivity contribution in [3.63, 3.8) is 0 Å². The summed E-state index contributed by atoms with van der Waals surface area (Å²) in [6.07, 6.45) is 4.37. The molecule has 0 amide bonds. The summed E-state index contributed by atoms with van der Waals surface area (Å²) in [6, 6.07) is 12.7. The molecular formula is C29H34N2O5. The van der Waals surface area contributed by atoms with Crippen LogP contribution in [0.3, 0.4) is 0 Å². The van der Waals surface area contributed by atoms with E-state index in [1.54, 1.807) is 22.6 Å². The minimum Gasteiger partial charge on any atom is -0.415 e. The zero-order valence-corrected chi connectivity index (χ0v) is 21.5. The molecule has 0 radical (unpaired) electrons. The lowest BCUT2D eigenvalue weighted by atomic mass is 9.96. The molecule has 0 aliphatic carbocycles. The minimum atomic E-state index is -1.11. The monoisotopic (exact) mass is 490 g/mol. The van der Waals surface area contributed by atoms with E-state index < -0.39 is 11.9 Å². The number of esters is 2. The number of ether oxygens (including phenoxy) is 2. The Morgan fingerprint density at radius 1 is 0.944 bits per heavy atom. The predicted molar refractivity (Wildman–Crippen MR) is 138 cm³/mol. The van der Waals surface area contributed by atoms with Gasteiger partial charge in [0.05, 0.1) is 5.52 Å². The number of carbonyl (C=O) groups is 3. The zero-order chi connectivity index (χ0) is 25.8. The fourth-order valence-electron chi connectivity index (χ4n) is 4.85. The van der Waals surface area contributed by atoms with Crippen molar-refractivity contribution in [2.75, 3.05) is 19.6 Å². The molecule has 0 unspecified atom stereocenters. The average Bonchev–Trinajstić information content (AvgIpc) is 3.22. The first-order valence-electron chi connectivity index (χ1n) is 12.8. The largest absolute Gasteiger partial charge is 0.424 e. The minimum absolute atomic E-state index is 0.117. The molecule has 3 heterocycles. The van der Waals surface area contributed by atoms with Gasteiger partial charge in [0.15, 0.2) is 5.75 Å². The SMILES string of the molecule is CCCN(CC)CCCCc1ccc(C(=O)c2c(C(C)C)c3c4cccc(n24)OC(=O)C(=O)O3)cc1. The third-order valence-electron chi connectivity index (χ3n) is 6.65. The summed E-state index contributed by atoms with van der Waals surface area (Å²) in [5, 5.41) is 0. The Kier molecular flexibility index (Phi) is 7.89. The van der Waals surface area contributed by atoms with Crippen LogP contribution in [0.4, 0.5) is 0 Å². The molecular weight excluding hydrogens is 456 g/mol. The van der Waals surface area contributed by atoms with Crippen molar-refractivity contribution >= 4 is 23.2 Å². The van der Waals surface area contributed by atoms with Crippen LogP contribution >= 0.6 is 0 Å². The maximum Gasteiger partial charge on any atom is 0.424 e. The van der Waals surface area contributed by atoms with E-state index in [-0.39, 0.29) is 23.3 Å². The van der Waals surface area contributed by atoms with Crippen LogP contribution in [0.5, 0.6) is 11.6 Å². The smallest absolute Gasteiger partial charge is 0.415 e. The van der Waals surface area contributed by atoms with E-state index in [9.17, 15) is 14.4 Å². The number of nitrogens with zero attached hydrogens (tertiary/aromatic N) is 2. The molecule has 36 heavy (non-hydrogen) atoms. The van der Waals surface area contributed by atoms with Gasteiger partial charge in [-0.05, 0) is 68.9 Å². The van der Waals surface area contributed by atoms with Crippen LogP contribution in [0.15, 0.2) is 42.5 Å². The number of aryl methyl sites for hydroxylation is 1. The standard InChI is InChI=1S/C29H34N2O5/c1-5-17-30(6-2)18-8-7-10-20-13-15-21(16-14-20)26(32)25-24(19(3)4)27-22-11-9-12-23(31(22)25)35-28(33)29(34)36-27/h9,11-16,19H,5-8,10,17-18H2,1-4H3. The van der Waals surface area contributed by atoms with Gasteiger partial charge in [0, 0.05) is 11.1 Å². The van der Waals surface area contributed by atoms with E-state index in [2.05, 4.69) is 18.7 Å². The molecule has 0 N–H and O–H groups in total. The second kappa shape index (κ2) is 11.1. The van der Waals surface area contributed by atoms with Gasteiger partial charge in [-0.25, -0.2) is 9.59 Å². The molecule has 1 aliphatic heterocycles. The Labute approximate surface area is 212 Å². The van der Waals surface area contributed by atoms with Gasteiger partial charge >= 0.3 is 11.9 Å². The van der Waals surface area contributed by atoms with Crippen LogP contribution in [-0.2, 0) is 16.0 Å². The van der Waals surface area contributed by atoms with E-state index in [4.69, 9.17) is 9.47 Å². The maximum atomic E-state index is 13.8. The van der Waals surface area contributed by atoms with Gasteiger partial charge < -0.3 is 14.4 Å². The highest BCUT2D eigenvalue weighted by atomic mass is 16.6. The van der Waals surface area contributed by atoms with Gasteiger partial charge in [-0.1, -0.05) is 58.0 Å². The highest BCUT2D eigenvalue weighted by Crippen LogP contribution is 2.41. The Balaban J connectivity index is 1.60. The number of hydrogen-bond acceptors (Lipinski definition) is 6. The van der Waals surface area contributed by atoms with Gasteiger partial charge in [-0.2, -0.15) is 0 Å². The summed E-state index contributed by atoms with van der Waals surface area (Å²) in [7, 11) is 0. The molecule has 1 aliphatic rings. The van der Waals surface area contributed by atoms with E-state index in [0.29, 0.717) is 22.3 Å². The topological polar surface area (TPSA) is 77.3 Å². The number of rotatable bonds is 11. The highest BCUT2D eigenvalue weighted by Gasteiger charge is 2.34. The number of hydrogen-bond donors (Lipinski definition) is 0. The van der Waals surface area contributed by atoms with Crippen molar-refractivity contribution in [3.05, 3.63) is 64.8 Å². The third kappa shape index (κ3) is 5.07. The first-order valence-corrected chi connectivity index (χ1v) is 12.8. The van der Waals surface area contributed by atoms with Crippen molar-refractivity contribution < 1.29 is 23.9 Å². The first-order chi connectivity index (χ1) is 17.3. The van der Waals surface area contributed by atoms with Crippen LogP contribution in [-0.4, -0.2) is 46.7 Å². The number of aromatic nitrogens is 1. The summed E-state index contributed by atoms with van der Waals surface area (Å²) in [6.45, 7) is 11.6. The number of benzene rings is 1. The van der Waals surface area contributed by atoms with Crippen molar-refractivity contribution in [1.82, 2.24) is 9.30 Å². The Bertz CT molecular complexity index is 1270. The van der Waals surface area contributed by atoms with Gasteiger partial charge in [-0.15, -0.1) is 0 Å². The van der Waals surface area contributed by atoms with Gasteiger partial charge in [0.1, 0.15) is 5.69 Å². The summed E-state index contributed by atoms with van der Waals surface area (Å²) in [5.74, 6) is -2.22. The second-order valence-corrected chi connectivity index (χ2v) is 9.53. The van der Waals surface area contributed by atoms with Crippen molar-refractivity contribution in [1.29, 1.82) is 0 Å². The van der Waals surface area contributed by atoms with E-state index in [1.165, 1.54) is 12.0 Å². The number of ketones is 1. The number of pyridine rings is 1. The van der Waals surface area contributed by atoms with Crippen LogP contribution in [0, 0.1) is 0 Å². The third-order valence-corrected chi connectivity index (χ3v) is 6.65. The normalized spacial score (nSPS) is 13.3. The van der Waals surface area contributed by atoms with Gasteiger partial charge in [0.2, 0.25) is 11.7 Å². The van der Waals surface area contributed by atoms with Crippen LogP contribution < -0.4 is 9.47 Å². The van der Waals surface area contributed by atoms with Crippen LogP contribution in [0.1, 0.15) is 80.1 Å². The summed E-state index contributed by atoms with van der Waals surface area (Å²) in [4.78, 5) is 40.6. The fourth-order valence-corrected chi connectivity index (χ4v) is 4.85. The summed E-state index contributed by atoms with van der Waals surface area (Å²) >= 11 is 0. The van der Waals surface area contributed by atoms with Crippen molar-refractivity contribution in [2.45, 2.75) is 59.3 Å². The molecule has 0 spiro atoms. The first kappa shape index (κ1) is 25.6. The molecule has 4 bridgehead atoms. The van der Waals surface area contributed by atoms with E-state index >= 15 is 0 Å². The molecule has 0 saturated heterocycles. The van der Waals surface area contributed by atoms with Gasteiger partial charge in [0.25, 0.3) is 0 Å². The summed E-state index contributed by atoms with van der Waals surface area (Å²) < 4.78 is 12.3. The second-order valence-electron chi connectivity index (χ2n) is 9.53. The maximum absolute atomic E-state index is 13.8. The quantitative estimate of drug-likeness (QED) is 0.160. The molecule has 7 heteroatoms. The predicted octanol–water partition coefficient (Wildman–Crippen LogP) is 5.17. The Hall–Kier alpha value is -3.45. The molecule has 0 fully saturated rings. The molecule has 3 aromatic rings. The molecule has 190 valence electrons. The average molecular weight is 491 g/mol. The highest BCUT2D eigenvalue weighted by molar-refractivity contribution is 6.31. The fraction of sp³-hybridized carbons (Fsp3) is 0.414. The van der Waals surface area contributed by atoms with Crippen LogP contribution in [0.2, 0.25) is 0 Å². The van der Waals surface area contributed by atoms with E-state index in [1.807, 2.05) is 38.1 Å². The van der Waals surface area contributed by atoms with Crippen molar-refractivity contribution in [2.24, 2.45) is 0 Å². The van der Waals surface area contributed by atoms with Crippen LogP contribution in [0.25, 0.3) is 5.52 Å². The lowest BCUT2D eigenvalue weighted by Crippen LogP contribution is -2.27. The Morgan fingerprint density at radius 3 is 2.33 bits per heavy atom. The molecule has 0 atom stereocenters. The van der Waals surface area contributed by atoms with Crippen molar-refractivity contribution in [3.8, 4) is 11.6 Å². The molecule has 7 nitrogen and oxygen atoms in total. The molecule has 4 rings (SSSR count). The number of unbranched alkanes of at least 4 members (excludes halogenated alkanes) is 1. The molecule has 1 aromatic carbocycles. The van der Waals surface area contributed by atoms with Gasteiger partial charge in [-0.3, -0.25) is 9.20 Å². The lowest BCUT2D eigenvalue weighted by molar-refractivity contribution is -0.156. The van der Waals surface area contributed by atoms with E-state index in [0.717, 1.165) is 38.9 Å². The number of carbonyl (C=O) groups excluding carboxylic acids is 3. The molecule has 2 aromatic heterocycles. The summed E-state index contributed by atoms with van der Waals surface area (Å²) in [5.41, 5.74) is 3.16. The molecule has 0 saturated carbocycles. The zero-order valence-electron chi connectivity index (χ0n) is 21.5. The Morgan fingerprint density at radius 2 is 1.67 bits per heavy atom.